The van der Waals surface area contributed by atoms with E-state index in [0.29, 0.717) is 22.4 Å². The van der Waals surface area contributed by atoms with E-state index in [-0.39, 0.29) is 18.3 Å². The van der Waals surface area contributed by atoms with E-state index in [1.54, 1.807) is 24.5 Å². The molecule has 0 saturated carbocycles. The van der Waals surface area contributed by atoms with E-state index >= 15 is 0 Å². The molecule has 4 nitrogen and oxygen atoms in total. The number of carbonyl (C=O) groups excluding carboxylic acids is 1. The van der Waals surface area contributed by atoms with Crippen LogP contribution in [0.2, 0.25) is 0 Å². The molecule has 2 aromatic heterocycles. The average Bonchev–Trinajstić information content (AvgIpc) is 3.27. The van der Waals surface area contributed by atoms with Gasteiger partial charge in [-0.05, 0) is 30.7 Å². The first-order valence-electron chi connectivity index (χ1n) is 8.99. The van der Waals surface area contributed by atoms with E-state index < -0.39 is 0 Å². The topological polar surface area (TPSA) is 51.2 Å². The van der Waals surface area contributed by atoms with Gasteiger partial charge in [0, 0.05) is 35.7 Å². The molecule has 0 bridgehead atoms. The van der Waals surface area contributed by atoms with Crippen LogP contribution >= 0.6 is 22.7 Å². The van der Waals surface area contributed by atoms with Crippen LogP contribution in [-0.2, 0) is 17.8 Å². The molecule has 0 aliphatic heterocycles. The van der Waals surface area contributed by atoms with E-state index in [0.717, 1.165) is 28.1 Å². The number of thiazole rings is 1. The molecular formula is C21H19FN2O2S2. The Bertz CT molecular complexity index is 1100. The number of fused-ring (bicyclic) bond motifs is 2. The van der Waals surface area contributed by atoms with Crippen LogP contribution in [0.15, 0.2) is 42.5 Å². The number of para-hydroxylation sites is 1. The highest BCUT2D eigenvalue weighted by atomic mass is 32.1. The molecule has 0 radical (unpaired) electrons. The number of hydrogen-bond acceptors (Lipinski definition) is 5. The Hall–Kier alpha value is -2.35. The molecule has 144 valence electrons. The van der Waals surface area contributed by atoms with Crippen molar-refractivity contribution in [2.24, 2.45) is 0 Å². The number of hydrogen-bond donors (Lipinski definition) is 1. The first kappa shape index (κ1) is 19.0. The van der Waals surface area contributed by atoms with E-state index in [9.17, 15) is 9.18 Å². The molecule has 4 rings (SSSR count). The van der Waals surface area contributed by atoms with E-state index in [1.165, 1.54) is 22.1 Å². The summed E-state index contributed by atoms with van der Waals surface area (Å²) in [5.41, 5.74) is 1.63. The quantitative estimate of drug-likeness (QED) is 0.425. The molecular weight excluding hydrogens is 395 g/mol. The number of amides is 1. The lowest BCUT2D eigenvalue weighted by Crippen LogP contribution is -2.25. The molecule has 2 aromatic carbocycles. The number of carbonyl (C=O) groups is 1. The number of aromatic nitrogens is 1. The zero-order valence-corrected chi connectivity index (χ0v) is 17.0. The highest BCUT2D eigenvalue weighted by Crippen LogP contribution is 2.33. The Kier molecular flexibility index (Phi) is 5.66. The molecule has 0 spiro atoms. The van der Waals surface area contributed by atoms with E-state index in [1.807, 2.05) is 24.3 Å². The summed E-state index contributed by atoms with van der Waals surface area (Å²) in [5, 5.41) is 4.50. The summed E-state index contributed by atoms with van der Waals surface area (Å²) in [4.78, 5) is 17.8. The average molecular weight is 415 g/mol. The van der Waals surface area contributed by atoms with Crippen LogP contribution in [0.1, 0.15) is 26.7 Å². The molecule has 0 aliphatic rings. The van der Waals surface area contributed by atoms with Crippen molar-refractivity contribution in [2.75, 3.05) is 13.7 Å². The second-order valence-corrected chi connectivity index (χ2v) is 8.56. The Morgan fingerprint density at radius 3 is 2.79 bits per heavy atom. The van der Waals surface area contributed by atoms with Crippen LogP contribution in [0.4, 0.5) is 4.39 Å². The summed E-state index contributed by atoms with van der Waals surface area (Å²) < 4.78 is 21.4. The third-order valence-corrected chi connectivity index (χ3v) is 6.74. The summed E-state index contributed by atoms with van der Waals surface area (Å²) in [7, 11) is 1.55. The van der Waals surface area contributed by atoms with Gasteiger partial charge in [0.2, 0.25) is 0 Å². The van der Waals surface area contributed by atoms with Gasteiger partial charge in [-0.2, -0.15) is 0 Å². The van der Waals surface area contributed by atoms with Gasteiger partial charge >= 0.3 is 0 Å². The third kappa shape index (κ3) is 3.78. The molecule has 1 amide bonds. The predicted molar refractivity (Wildman–Crippen MR) is 113 cm³/mol. The lowest BCUT2D eigenvalue weighted by Gasteiger charge is -2.06. The van der Waals surface area contributed by atoms with Crippen molar-refractivity contribution >= 4 is 48.9 Å². The van der Waals surface area contributed by atoms with Gasteiger partial charge in [0.25, 0.3) is 5.91 Å². The van der Waals surface area contributed by atoms with Gasteiger partial charge in [0.05, 0.1) is 26.7 Å². The molecule has 0 fully saturated rings. The van der Waals surface area contributed by atoms with Crippen LogP contribution in [-0.4, -0.2) is 24.5 Å². The number of aryl methyl sites for hydroxylation is 1. The Balaban J connectivity index is 1.42. The maximum absolute atomic E-state index is 14.2. The van der Waals surface area contributed by atoms with Gasteiger partial charge in [-0.3, -0.25) is 4.79 Å². The lowest BCUT2D eigenvalue weighted by atomic mass is 10.1. The summed E-state index contributed by atoms with van der Waals surface area (Å²) in [6.45, 7) is 0.743. The number of benzene rings is 2. The van der Waals surface area contributed by atoms with Crippen LogP contribution in [0, 0.1) is 5.82 Å². The first-order chi connectivity index (χ1) is 13.7. The lowest BCUT2D eigenvalue weighted by molar-refractivity contribution is 0.0953. The highest BCUT2D eigenvalue weighted by molar-refractivity contribution is 7.21. The SMILES string of the molecule is COCc1c(C(=O)NCCCc2nc3ccccc3s2)sc2cccc(F)c12. The maximum Gasteiger partial charge on any atom is 0.261 e. The fourth-order valence-corrected chi connectivity index (χ4v) is 5.33. The molecule has 2 heterocycles. The van der Waals surface area contributed by atoms with Gasteiger partial charge in [0.15, 0.2) is 0 Å². The maximum atomic E-state index is 14.2. The minimum absolute atomic E-state index is 0.183. The standard InChI is InChI=1S/C21H19FN2O2S2/c1-26-12-13-19-14(22)6-4-9-17(19)28-20(13)21(25)23-11-5-10-18-24-15-7-2-3-8-16(15)27-18/h2-4,6-9H,5,10-12H2,1H3,(H,23,25). The summed E-state index contributed by atoms with van der Waals surface area (Å²) >= 11 is 2.99. The van der Waals surface area contributed by atoms with Crippen molar-refractivity contribution in [3.8, 4) is 0 Å². The summed E-state index contributed by atoms with van der Waals surface area (Å²) in [6, 6.07) is 13.0. The normalized spacial score (nSPS) is 11.4. The van der Waals surface area contributed by atoms with Gasteiger partial charge in [-0.1, -0.05) is 18.2 Å². The van der Waals surface area contributed by atoms with Crippen molar-refractivity contribution < 1.29 is 13.9 Å². The predicted octanol–water partition coefficient (Wildman–Crippen LogP) is 5.16. The molecule has 0 aliphatic carbocycles. The minimum Gasteiger partial charge on any atom is -0.380 e. The van der Waals surface area contributed by atoms with Crippen LogP contribution < -0.4 is 5.32 Å². The number of halogens is 1. The molecule has 4 aromatic rings. The monoisotopic (exact) mass is 414 g/mol. The second-order valence-electron chi connectivity index (χ2n) is 6.39. The van der Waals surface area contributed by atoms with Crippen LogP contribution in [0.25, 0.3) is 20.3 Å². The van der Waals surface area contributed by atoms with Crippen molar-refractivity contribution in [1.82, 2.24) is 10.3 Å². The van der Waals surface area contributed by atoms with Crippen LogP contribution in [0.3, 0.4) is 0 Å². The van der Waals surface area contributed by atoms with Crippen molar-refractivity contribution in [2.45, 2.75) is 19.4 Å². The van der Waals surface area contributed by atoms with Crippen molar-refractivity contribution in [3.05, 3.63) is 63.7 Å². The number of ether oxygens (including phenoxy) is 1. The molecule has 0 atom stereocenters. The molecule has 1 N–H and O–H groups in total. The van der Waals surface area contributed by atoms with Gasteiger partial charge < -0.3 is 10.1 Å². The molecule has 0 unspecified atom stereocenters. The third-order valence-electron chi connectivity index (χ3n) is 4.45. The number of rotatable bonds is 7. The number of methoxy groups -OCH3 is 1. The van der Waals surface area contributed by atoms with Gasteiger partial charge in [0.1, 0.15) is 5.82 Å². The minimum atomic E-state index is -0.323. The van der Waals surface area contributed by atoms with Gasteiger partial charge in [-0.25, -0.2) is 9.37 Å². The molecule has 7 heteroatoms. The van der Waals surface area contributed by atoms with E-state index in [4.69, 9.17) is 4.74 Å². The summed E-state index contributed by atoms with van der Waals surface area (Å²) in [5.74, 6) is -0.507. The fourth-order valence-electron chi connectivity index (χ4n) is 3.18. The zero-order chi connectivity index (χ0) is 19.5. The second kappa shape index (κ2) is 8.34. The Morgan fingerprint density at radius 1 is 1.14 bits per heavy atom. The van der Waals surface area contributed by atoms with Crippen molar-refractivity contribution in [1.29, 1.82) is 0 Å². The number of nitrogens with zero attached hydrogens (tertiary/aromatic N) is 1. The first-order valence-corrected chi connectivity index (χ1v) is 10.6. The largest absolute Gasteiger partial charge is 0.380 e. The van der Waals surface area contributed by atoms with Gasteiger partial charge in [-0.15, -0.1) is 22.7 Å². The fraction of sp³-hybridized carbons (Fsp3) is 0.238. The van der Waals surface area contributed by atoms with Crippen molar-refractivity contribution in [3.63, 3.8) is 0 Å². The number of thiophene rings is 1. The zero-order valence-electron chi connectivity index (χ0n) is 15.3. The Morgan fingerprint density at radius 2 is 1.96 bits per heavy atom. The highest BCUT2D eigenvalue weighted by Gasteiger charge is 2.20. The van der Waals surface area contributed by atoms with E-state index in [2.05, 4.69) is 16.4 Å². The van der Waals surface area contributed by atoms with Crippen LogP contribution in [0.5, 0.6) is 0 Å². The smallest absolute Gasteiger partial charge is 0.261 e. The molecule has 0 saturated heterocycles. The molecule has 28 heavy (non-hydrogen) atoms. The summed E-state index contributed by atoms with van der Waals surface area (Å²) in [6.07, 6.45) is 1.61. The number of nitrogens with one attached hydrogen (secondary N) is 1. The Labute approximate surface area is 170 Å².